The van der Waals surface area contributed by atoms with Crippen molar-refractivity contribution in [2.75, 3.05) is 5.75 Å². The number of tetrazole rings is 1. The molecule has 0 aliphatic heterocycles. The molecule has 1 N–H and O–H groups in total. The molecule has 0 radical (unpaired) electrons. The highest BCUT2D eigenvalue weighted by Gasteiger charge is 2.30. The summed E-state index contributed by atoms with van der Waals surface area (Å²) in [5, 5.41) is 22.1. The molecule has 1 aromatic heterocycles. The van der Waals surface area contributed by atoms with Crippen molar-refractivity contribution in [1.29, 1.82) is 0 Å². The number of thioether (sulfide) groups is 1. The predicted octanol–water partition coefficient (Wildman–Crippen LogP) is 2.85. The molecule has 5 nitrogen and oxygen atoms in total. The van der Waals surface area contributed by atoms with Gasteiger partial charge in [-0.1, -0.05) is 23.9 Å². The molecule has 1 aliphatic rings. The highest BCUT2D eigenvalue weighted by Crippen LogP contribution is 2.37. The van der Waals surface area contributed by atoms with E-state index in [2.05, 4.69) is 15.5 Å². The number of benzene rings is 1. The van der Waals surface area contributed by atoms with Crippen molar-refractivity contribution in [3.63, 3.8) is 0 Å². The maximum atomic E-state index is 12.5. The molecular formula is C13H13F3N4OS. The highest BCUT2D eigenvalue weighted by molar-refractivity contribution is 7.99. The van der Waals surface area contributed by atoms with E-state index in [0.717, 1.165) is 25.0 Å². The van der Waals surface area contributed by atoms with Crippen LogP contribution in [0.4, 0.5) is 13.2 Å². The number of hydrogen-bond donors (Lipinski definition) is 1. The molecule has 22 heavy (non-hydrogen) atoms. The summed E-state index contributed by atoms with van der Waals surface area (Å²) in [6.45, 7) is 0. The Kier molecular flexibility index (Phi) is 4.09. The van der Waals surface area contributed by atoms with Crippen LogP contribution in [0.5, 0.6) is 0 Å². The Morgan fingerprint density at radius 1 is 1.27 bits per heavy atom. The number of nitrogens with zero attached hydrogens (tertiary/aromatic N) is 4. The lowest BCUT2D eigenvalue weighted by molar-refractivity contribution is -0.137. The standard InChI is InChI=1S/C13H13F3N4OS/c14-13(15,16)9-3-1-8(2-4-9)11(21)7-22-12-17-18-19-20(12)10-5-6-10/h1-4,10-11,21H,5-7H2. The van der Waals surface area contributed by atoms with Gasteiger partial charge in [0.25, 0.3) is 0 Å². The van der Waals surface area contributed by atoms with E-state index in [1.54, 1.807) is 4.68 Å². The van der Waals surface area contributed by atoms with Crippen LogP contribution in [-0.4, -0.2) is 31.1 Å². The van der Waals surface area contributed by atoms with Crippen molar-refractivity contribution in [3.8, 4) is 0 Å². The molecule has 9 heteroatoms. The third-order valence-electron chi connectivity index (χ3n) is 3.35. The zero-order chi connectivity index (χ0) is 15.7. The molecule has 118 valence electrons. The maximum absolute atomic E-state index is 12.5. The Bertz CT molecular complexity index is 639. The van der Waals surface area contributed by atoms with Gasteiger partial charge in [0.15, 0.2) is 0 Å². The number of aromatic nitrogens is 4. The number of rotatable bonds is 5. The van der Waals surface area contributed by atoms with E-state index >= 15 is 0 Å². The lowest BCUT2D eigenvalue weighted by Gasteiger charge is -2.12. The first-order valence-corrected chi connectivity index (χ1v) is 7.69. The molecule has 0 bridgehead atoms. The average molecular weight is 330 g/mol. The molecule has 0 amide bonds. The van der Waals surface area contributed by atoms with Gasteiger partial charge in [-0.2, -0.15) is 13.2 Å². The Balaban J connectivity index is 1.62. The molecule has 1 unspecified atom stereocenters. The van der Waals surface area contributed by atoms with E-state index in [0.29, 0.717) is 16.8 Å². The van der Waals surface area contributed by atoms with Crippen LogP contribution in [0.2, 0.25) is 0 Å². The van der Waals surface area contributed by atoms with Crippen molar-refractivity contribution in [3.05, 3.63) is 35.4 Å². The lowest BCUT2D eigenvalue weighted by Crippen LogP contribution is -2.07. The van der Waals surface area contributed by atoms with Crippen LogP contribution in [0, 0.1) is 0 Å². The van der Waals surface area contributed by atoms with E-state index in [1.807, 2.05) is 0 Å². The first-order chi connectivity index (χ1) is 10.4. The van der Waals surface area contributed by atoms with Crippen LogP contribution in [0.15, 0.2) is 29.4 Å². The number of aliphatic hydroxyl groups is 1. The molecule has 1 fully saturated rings. The molecule has 1 aromatic carbocycles. The van der Waals surface area contributed by atoms with Crippen LogP contribution < -0.4 is 0 Å². The molecule has 1 heterocycles. The number of aliphatic hydroxyl groups excluding tert-OH is 1. The minimum absolute atomic E-state index is 0.276. The third-order valence-corrected chi connectivity index (χ3v) is 4.36. The zero-order valence-corrected chi connectivity index (χ0v) is 12.2. The largest absolute Gasteiger partial charge is 0.416 e. The summed E-state index contributed by atoms with van der Waals surface area (Å²) in [5.41, 5.74) is -0.292. The minimum Gasteiger partial charge on any atom is -0.388 e. The Hall–Kier alpha value is -1.61. The molecule has 0 saturated heterocycles. The van der Waals surface area contributed by atoms with Crippen molar-refractivity contribution < 1.29 is 18.3 Å². The summed E-state index contributed by atoms with van der Waals surface area (Å²) in [7, 11) is 0. The van der Waals surface area contributed by atoms with E-state index in [9.17, 15) is 18.3 Å². The van der Waals surface area contributed by atoms with Crippen LogP contribution in [0.25, 0.3) is 0 Å². The summed E-state index contributed by atoms with van der Waals surface area (Å²) in [5.74, 6) is 0.276. The van der Waals surface area contributed by atoms with Gasteiger partial charge in [-0.05, 0) is 41.0 Å². The second kappa shape index (κ2) is 5.88. The maximum Gasteiger partial charge on any atom is 0.416 e. The van der Waals surface area contributed by atoms with Crippen molar-refractivity contribution >= 4 is 11.8 Å². The normalized spacial score (nSPS) is 16.7. The van der Waals surface area contributed by atoms with E-state index < -0.39 is 17.8 Å². The topological polar surface area (TPSA) is 63.8 Å². The highest BCUT2D eigenvalue weighted by atomic mass is 32.2. The molecule has 1 aliphatic carbocycles. The van der Waals surface area contributed by atoms with E-state index in [1.165, 1.54) is 23.9 Å². The summed E-state index contributed by atoms with van der Waals surface area (Å²) in [6, 6.07) is 4.85. The Morgan fingerprint density at radius 2 is 1.95 bits per heavy atom. The van der Waals surface area contributed by atoms with Crippen LogP contribution in [0.3, 0.4) is 0 Å². The smallest absolute Gasteiger partial charge is 0.388 e. The predicted molar refractivity (Wildman–Crippen MR) is 73.2 cm³/mol. The first kappa shape index (κ1) is 15.3. The van der Waals surface area contributed by atoms with Crippen LogP contribution in [-0.2, 0) is 6.18 Å². The Labute approximate surface area is 128 Å². The molecule has 0 spiro atoms. The van der Waals surface area contributed by atoms with Crippen LogP contribution in [0.1, 0.15) is 36.1 Å². The van der Waals surface area contributed by atoms with Crippen LogP contribution >= 0.6 is 11.8 Å². The summed E-state index contributed by atoms with van der Waals surface area (Å²) >= 11 is 1.29. The SMILES string of the molecule is OC(CSc1nnnn1C1CC1)c1ccc(C(F)(F)F)cc1. The number of alkyl halides is 3. The fraction of sp³-hybridized carbons (Fsp3) is 0.462. The molecule has 1 saturated carbocycles. The number of halogens is 3. The minimum atomic E-state index is -4.37. The molecule has 2 aromatic rings. The van der Waals surface area contributed by atoms with Crippen molar-refractivity contribution in [2.24, 2.45) is 0 Å². The van der Waals surface area contributed by atoms with Gasteiger partial charge in [-0.3, -0.25) is 0 Å². The monoisotopic (exact) mass is 330 g/mol. The summed E-state index contributed by atoms with van der Waals surface area (Å²) in [6.07, 6.45) is -3.17. The number of hydrogen-bond acceptors (Lipinski definition) is 5. The van der Waals surface area contributed by atoms with E-state index in [-0.39, 0.29) is 5.75 Å². The van der Waals surface area contributed by atoms with Crippen molar-refractivity contribution in [2.45, 2.75) is 36.3 Å². The molecule has 3 rings (SSSR count). The first-order valence-electron chi connectivity index (χ1n) is 6.71. The zero-order valence-electron chi connectivity index (χ0n) is 11.4. The fourth-order valence-corrected chi connectivity index (χ4v) is 2.88. The van der Waals surface area contributed by atoms with Crippen molar-refractivity contribution in [1.82, 2.24) is 20.2 Å². The van der Waals surface area contributed by atoms with Gasteiger partial charge < -0.3 is 5.11 Å². The second-order valence-corrected chi connectivity index (χ2v) is 6.07. The van der Waals surface area contributed by atoms with Gasteiger partial charge in [0, 0.05) is 5.75 Å². The lowest BCUT2D eigenvalue weighted by atomic mass is 10.1. The Morgan fingerprint density at radius 3 is 2.55 bits per heavy atom. The van der Waals surface area contributed by atoms with Gasteiger partial charge in [0.2, 0.25) is 5.16 Å². The average Bonchev–Trinajstić information content (AvgIpc) is 3.22. The second-order valence-electron chi connectivity index (χ2n) is 5.08. The summed E-state index contributed by atoms with van der Waals surface area (Å²) in [4.78, 5) is 0. The van der Waals surface area contributed by atoms with E-state index in [4.69, 9.17) is 0 Å². The quantitative estimate of drug-likeness (QED) is 0.854. The van der Waals surface area contributed by atoms with Gasteiger partial charge in [0.1, 0.15) is 0 Å². The molecular weight excluding hydrogens is 317 g/mol. The van der Waals surface area contributed by atoms with Gasteiger partial charge in [0.05, 0.1) is 17.7 Å². The van der Waals surface area contributed by atoms with Gasteiger partial charge >= 0.3 is 6.18 Å². The third kappa shape index (κ3) is 3.41. The van der Waals surface area contributed by atoms with Gasteiger partial charge in [-0.15, -0.1) is 5.10 Å². The summed E-state index contributed by atoms with van der Waals surface area (Å²) < 4.78 is 39.2. The fourth-order valence-electron chi connectivity index (χ4n) is 1.97. The molecule has 1 atom stereocenters. The van der Waals surface area contributed by atoms with Gasteiger partial charge in [-0.25, -0.2) is 4.68 Å².